The Bertz CT molecular complexity index is 198. The van der Waals surface area contributed by atoms with E-state index in [1.807, 2.05) is 0 Å². The molecule has 0 spiro atoms. The minimum Gasteiger partial charge on any atom is -0.271 e. The molecule has 0 bridgehead atoms. The first kappa shape index (κ1) is 13.8. The van der Waals surface area contributed by atoms with Crippen LogP contribution in [0.1, 0.15) is 45.4 Å². The molecule has 1 atom stereocenters. The summed E-state index contributed by atoms with van der Waals surface area (Å²) in [4.78, 5) is 0. The van der Waals surface area contributed by atoms with E-state index in [0.29, 0.717) is 11.8 Å². The molecule has 0 aromatic carbocycles. The Morgan fingerprint density at radius 3 is 2.25 bits per heavy atom. The molecule has 16 heavy (non-hydrogen) atoms. The van der Waals surface area contributed by atoms with Crippen molar-refractivity contribution in [2.45, 2.75) is 57.7 Å². The Morgan fingerprint density at radius 2 is 1.81 bits per heavy atom. The van der Waals surface area contributed by atoms with Crippen LogP contribution in [0.5, 0.6) is 0 Å². The van der Waals surface area contributed by atoms with Crippen molar-refractivity contribution >= 4 is 0 Å². The third kappa shape index (κ3) is 4.70. The molecule has 1 saturated carbocycles. The molecule has 1 aliphatic rings. The monoisotopic (exact) mass is 238 g/mol. The normalized spacial score (nSPS) is 29.1. The van der Waals surface area contributed by atoms with Crippen molar-refractivity contribution in [3.05, 3.63) is 0 Å². The van der Waals surface area contributed by atoms with Crippen molar-refractivity contribution in [2.75, 3.05) is 0 Å². The van der Waals surface area contributed by atoms with Crippen LogP contribution in [0.25, 0.3) is 0 Å². The largest absolute Gasteiger partial charge is 0.389 e. The van der Waals surface area contributed by atoms with Crippen molar-refractivity contribution in [3.63, 3.8) is 0 Å². The molecular formula is C11H21F3N2. The highest BCUT2D eigenvalue weighted by molar-refractivity contribution is 4.80. The van der Waals surface area contributed by atoms with E-state index in [2.05, 4.69) is 12.3 Å². The summed E-state index contributed by atoms with van der Waals surface area (Å²) in [5.41, 5.74) is 2.56. The second kappa shape index (κ2) is 5.87. The highest BCUT2D eigenvalue weighted by Crippen LogP contribution is 2.33. The zero-order chi connectivity index (χ0) is 12.2. The number of nitrogens with two attached hydrogens (primary N) is 1. The van der Waals surface area contributed by atoms with E-state index < -0.39 is 12.6 Å². The summed E-state index contributed by atoms with van der Waals surface area (Å²) >= 11 is 0. The van der Waals surface area contributed by atoms with Crippen LogP contribution in [0.4, 0.5) is 13.2 Å². The Morgan fingerprint density at radius 1 is 1.25 bits per heavy atom. The van der Waals surface area contributed by atoms with Crippen LogP contribution < -0.4 is 11.3 Å². The van der Waals surface area contributed by atoms with Crippen molar-refractivity contribution in [1.29, 1.82) is 0 Å². The number of rotatable bonds is 4. The van der Waals surface area contributed by atoms with Crippen LogP contribution in [0.3, 0.4) is 0 Å². The van der Waals surface area contributed by atoms with Crippen molar-refractivity contribution in [1.82, 2.24) is 5.43 Å². The van der Waals surface area contributed by atoms with Gasteiger partial charge in [0.15, 0.2) is 0 Å². The predicted octanol–water partition coefficient (Wildman–Crippen LogP) is 2.99. The number of alkyl halides is 3. The van der Waals surface area contributed by atoms with E-state index in [1.54, 1.807) is 0 Å². The first-order valence-corrected chi connectivity index (χ1v) is 5.95. The first-order chi connectivity index (χ1) is 7.42. The molecule has 0 aliphatic heterocycles. The highest BCUT2D eigenvalue weighted by Gasteiger charge is 2.31. The fourth-order valence-corrected chi connectivity index (χ4v) is 2.46. The quantitative estimate of drug-likeness (QED) is 0.583. The molecule has 0 radical (unpaired) electrons. The molecule has 0 aromatic heterocycles. The van der Waals surface area contributed by atoms with Gasteiger partial charge in [0, 0.05) is 12.5 Å². The lowest BCUT2D eigenvalue weighted by molar-refractivity contribution is -0.137. The second-order valence-electron chi connectivity index (χ2n) is 4.95. The van der Waals surface area contributed by atoms with Gasteiger partial charge in [0.05, 0.1) is 0 Å². The number of nitrogens with one attached hydrogen (secondary N) is 1. The van der Waals surface area contributed by atoms with E-state index >= 15 is 0 Å². The third-order valence-corrected chi connectivity index (χ3v) is 3.58. The highest BCUT2D eigenvalue weighted by atomic mass is 19.4. The van der Waals surface area contributed by atoms with Gasteiger partial charge in [-0.25, -0.2) is 0 Å². The van der Waals surface area contributed by atoms with Crippen LogP contribution in [-0.4, -0.2) is 12.2 Å². The molecule has 1 unspecified atom stereocenters. The molecule has 0 aromatic rings. The van der Waals surface area contributed by atoms with Gasteiger partial charge in [0.1, 0.15) is 0 Å². The number of hydrazine groups is 1. The van der Waals surface area contributed by atoms with Crippen LogP contribution >= 0.6 is 0 Å². The average Bonchev–Trinajstić information content (AvgIpc) is 2.20. The Labute approximate surface area is 94.7 Å². The van der Waals surface area contributed by atoms with Crippen LogP contribution in [0, 0.1) is 11.8 Å². The maximum atomic E-state index is 12.1. The summed E-state index contributed by atoms with van der Waals surface area (Å²) in [5.74, 6) is 6.36. The third-order valence-electron chi connectivity index (χ3n) is 3.58. The van der Waals surface area contributed by atoms with Crippen LogP contribution in [-0.2, 0) is 0 Å². The molecule has 0 amide bonds. The van der Waals surface area contributed by atoms with E-state index in [-0.39, 0.29) is 12.5 Å². The number of hydrogen-bond donors (Lipinski definition) is 2. The summed E-state index contributed by atoms with van der Waals surface area (Å²) in [5, 5.41) is 0. The molecule has 3 N–H and O–H groups in total. The summed E-state index contributed by atoms with van der Waals surface area (Å²) in [6, 6.07) is -0.186. The fraction of sp³-hybridized carbons (Fsp3) is 1.00. The zero-order valence-electron chi connectivity index (χ0n) is 9.69. The topological polar surface area (TPSA) is 38.0 Å². The summed E-state index contributed by atoms with van der Waals surface area (Å²) in [6.07, 6.45) is -0.518. The lowest BCUT2D eigenvalue weighted by atomic mass is 9.78. The van der Waals surface area contributed by atoms with Gasteiger partial charge in [0.2, 0.25) is 0 Å². The van der Waals surface area contributed by atoms with E-state index in [1.165, 1.54) is 0 Å². The molecule has 0 heterocycles. The van der Waals surface area contributed by atoms with Gasteiger partial charge in [-0.2, -0.15) is 13.2 Å². The Kier molecular flexibility index (Phi) is 5.05. The van der Waals surface area contributed by atoms with Gasteiger partial charge in [-0.15, -0.1) is 0 Å². The van der Waals surface area contributed by atoms with Crippen molar-refractivity contribution < 1.29 is 13.2 Å². The standard InChI is InChI=1S/C11H21F3N2/c1-8-2-4-9(5-3-8)10(16-15)6-7-11(12,13)14/h8-10,16H,2-7,15H2,1H3. The zero-order valence-corrected chi connectivity index (χ0v) is 9.69. The van der Waals surface area contributed by atoms with Gasteiger partial charge in [0.25, 0.3) is 0 Å². The lowest BCUT2D eigenvalue weighted by Gasteiger charge is -2.32. The molecular weight excluding hydrogens is 217 g/mol. The van der Waals surface area contributed by atoms with Gasteiger partial charge >= 0.3 is 6.18 Å². The van der Waals surface area contributed by atoms with Gasteiger partial charge in [-0.3, -0.25) is 11.3 Å². The Hall–Kier alpha value is -0.290. The number of hydrogen-bond acceptors (Lipinski definition) is 2. The van der Waals surface area contributed by atoms with Crippen LogP contribution in [0.15, 0.2) is 0 Å². The SMILES string of the molecule is CC1CCC(C(CCC(F)(F)F)NN)CC1. The molecule has 0 saturated heterocycles. The molecule has 1 rings (SSSR count). The minimum atomic E-state index is -4.07. The molecule has 1 fully saturated rings. The second-order valence-corrected chi connectivity index (χ2v) is 4.95. The molecule has 5 heteroatoms. The van der Waals surface area contributed by atoms with Crippen LogP contribution in [0.2, 0.25) is 0 Å². The molecule has 96 valence electrons. The first-order valence-electron chi connectivity index (χ1n) is 5.95. The predicted molar refractivity (Wildman–Crippen MR) is 57.5 cm³/mol. The minimum absolute atomic E-state index is 0.0963. The Balaban J connectivity index is 2.36. The lowest BCUT2D eigenvalue weighted by Crippen LogP contribution is -2.42. The molecule has 2 nitrogen and oxygen atoms in total. The van der Waals surface area contributed by atoms with E-state index in [0.717, 1.165) is 25.7 Å². The van der Waals surface area contributed by atoms with Gasteiger partial charge in [-0.05, 0) is 31.1 Å². The summed E-state index contributed by atoms with van der Waals surface area (Å²) < 4.78 is 36.3. The number of halogens is 3. The van der Waals surface area contributed by atoms with Crippen molar-refractivity contribution in [3.8, 4) is 0 Å². The smallest absolute Gasteiger partial charge is 0.271 e. The van der Waals surface area contributed by atoms with Crippen molar-refractivity contribution in [2.24, 2.45) is 17.7 Å². The maximum absolute atomic E-state index is 12.1. The fourth-order valence-electron chi connectivity index (χ4n) is 2.46. The summed E-state index contributed by atoms with van der Waals surface area (Å²) in [6.45, 7) is 2.19. The van der Waals surface area contributed by atoms with Gasteiger partial charge in [-0.1, -0.05) is 19.8 Å². The van der Waals surface area contributed by atoms with E-state index in [4.69, 9.17) is 5.84 Å². The van der Waals surface area contributed by atoms with E-state index in [9.17, 15) is 13.2 Å². The van der Waals surface area contributed by atoms with Gasteiger partial charge < -0.3 is 0 Å². The average molecular weight is 238 g/mol. The molecule has 1 aliphatic carbocycles. The summed E-state index contributed by atoms with van der Waals surface area (Å²) in [7, 11) is 0. The maximum Gasteiger partial charge on any atom is 0.389 e.